The number of carboxylic acids is 1. The number of hydrogen-bond acceptors (Lipinski definition) is 5. The highest BCUT2D eigenvalue weighted by molar-refractivity contribution is 8.18. The van der Waals surface area contributed by atoms with Gasteiger partial charge in [-0.05, 0) is 47.7 Å². The summed E-state index contributed by atoms with van der Waals surface area (Å²) in [6, 6.07) is 13.0. The molecule has 1 N–H and O–H groups in total. The molecule has 1 heterocycles. The lowest BCUT2D eigenvalue weighted by molar-refractivity contribution is -0.123. The Labute approximate surface area is 164 Å². The van der Waals surface area contributed by atoms with Crippen LogP contribution in [0, 0.1) is 0 Å². The third kappa shape index (κ3) is 4.50. The molecule has 1 saturated heterocycles. The molecule has 0 atom stereocenters. The van der Waals surface area contributed by atoms with Crippen LogP contribution in [0.2, 0.25) is 5.02 Å². The Balaban J connectivity index is 1.64. The first-order chi connectivity index (χ1) is 13.0. The molecule has 0 spiro atoms. The van der Waals surface area contributed by atoms with Gasteiger partial charge in [0.2, 0.25) is 0 Å². The molecule has 0 aromatic heterocycles. The van der Waals surface area contributed by atoms with Crippen molar-refractivity contribution in [3.63, 3.8) is 0 Å². The van der Waals surface area contributed by atoms with Crippen LogP contribution in [0.5, 0.6) is 5.75 Å². The highest BCUT2D eigenvalue weighted by atomic mass is 35.5. The second-order valence-electron chi connectivity index (χ2n) is 5.54. The summed E-state index contributed by atoms with van der Waals surface area (Å²) in [5, 5.41) is 8.98. The zero-order valence-electron chi connectivity index (χ0n) is 13.9. The van der Waals surface area contributed by atoms with E-state index in [0.717, 1.165) is 16.7 Å². The summed E-state index contributed by atoms with van der Waals surface area (Å²) < 4.78 is 5.52. The lowest BCUT2D eigenvalue weighted by atomic mass is 10.1. The second-order valence-corrected chi connectivity index (χ2v) is 6.94. The molecule has 8 heteroatoms. The third-order valence-electron chi connectivity index (χ3n) is 3.74. The number of carbonyl (C=O) groups excluding carboxylic acids is 2. The molecule has 6 nitrogen and oxygen atoms in total. The van der Waals surface area contributed by atoms with Gasteiger partial charge in [-0.15, -0.1) is 0 Å². The van der Waals surface area contributed by atoms with E-state index in [1.807, 2.05) is 0 Å². The van der Waals surface area contributed by atoms with Gasteiger partial charge in [-0.2, -0.15) is 0 Å². The van der Waals surface area contributed by atoms with E-state index in [0.29, 0.717) is 16.3 Å². The van der Waals surface area contributed by atoms with Crippen molar-refractivity contribution in [2.24, 2.45) is 0 Å². The molecule has 2 aromatic carbocycles. The van der Waals surface area contributed by atoms with Gasteiger partial charge in [0.05, 0.1) is 22.0 Å². The van der Waals surface area contributed by atoms with Crippen LogP contribution in [0.15, 0.2) is 53.4 Å². The van der Waals surface area contributed by atoms with Crippen LogP contribution in [-0.2, 0) is 4.79 Å². The Morgan fingerprint density at radius 2 is 1.85 bits per heavy atom. The summed E-state index contributed by atoms with van der Waals surface area (Å²) >= 11 is 6.84. The Morgan fingerprint density at radius 1 is 1.15 bits per heavy atom. The lowest BCUT2D eigenvalue weighted by Gasteiger charge is -2.13. The number of para-hydroxylation sites is 1. The summed E-state index contributed by atoms with van der Waals surface area (Å²) in [5.41, 5.74) is 0.787. The van der Waals surface area contributed by atoms with Crippen molar-refractivity contribution in [1.29, 1.82) is 0 Å². The molecule has 27 heavy (non-hydrogen) atoms. The number of carboxylic acid groups (broad SMARTS) is 1. The zero-order chi connectivity index (χ0) is 19.4. The number of aromatic carboxylic acids is 1. The molecular weight excluding hydrogens is 390 g/mol. The number of rotatable bonds is 6. The third-order valence-corrected chi connectivity index (χ3v) is 4.96. The van der Waals surface area contributed by atoms with Gasteiger partial charge in [0.25, 0.3) is 11.1 Å². The van der Waals surface area contributed by atoms with E-state index in [1.165, 1.54) is 12.1 Å². The van der Waals surface area contributed by atoms with E-state index in [9.17, 15) is 14.4 Å². The largest absolute Gasteiger partial charge is 0.490 e. The Morgan fingerprint density at radius 3 is 2.52 bits per heavy atom. The number of halogens is 1. The van der Waals surface area contributed by atoms with Crippen LogP contribution in [0.25, 0.3) is 6.08 Å². The van der Waals surface area contributed by atoms with Crippen LogP contribution in [-0.4, -0.2) is 40.3 Å². The monoisotopic (exact) mass is 403 g/mol. The average Bonchev–Trinajstić information content (AvgIpc) is 2.91. The first kappa shape index (κ1) is 19.0. The highest BCUT2D eigenvalue weighted by Gasteiger charge is 2.34. The van der Waals surface area contributed by atoms with Crippen molar-refractivity contribution in [3.8, 4) is 5.75 Å². The Kier molecular flexibility index (Phi) is 5.83. The molecule has 0 saturated carbocycles. The van der Waals surface area contributed by atoms with Crippen molar-refractivity contribution in [2.75, 3.05) is 13.2 Å². The standard InChI is InChI=1S/C19H14ClNO5S/c20-14-3-1-2-4-15(14)26-10-9-21-17(22)16(27-19(21)25)11-12-5-7-13(8-6-12)18(23)24/h1-8,11H,9-10H2,(H,23,24)/b16-11-. The maximum Gasteiger partial charge on any atom is 0.335 e. The van der Waals surface area contributed by atoms with Gasteiger partial charge in [-0.25, -0.2) is 4.79 Å². The van der Waals surface area contributed by atoms with E-state index in [4.69, 9.17) is 21.4 Å². The normalized spacial score (nSPS) is 15.4. The van der Waals surface area contributed by atoms with E-state index >= 15 is 0 Å². The number of nitrogens with zero attached hydrogens (tertiary/aromatic N) is 1. The van der Waals surface area contributed by atoms with Gasteiger partial charge in [0.1, 0.15) is 12.4 Å². The van der Waals surface area contributed by atoms with Crippen molar-refractivity contribution >= 4 is 46.6 Å². The number of hydrogen-bond donors (Lipinski definition) is 1. The molecule has 138 valence electrons. The molecular formula is C19H14ClNO5S. The zero-order valence-corrected chi connectivity index (χ0v) is 15.5. The lowest BCUT2D eigenvalue weighted by Crippen LogP contribution is -2.32. The van der Waals surface area contributed by atoms with Crippen LogP contribution in [0.3, 0.4) is 0 Å². The second kappa shape index (κ2) is 8.28. The van der Waals surface area contributed by atoms with Gasteiger partial charge in [-0.1, -0.05) is 35.9 Å². The molecule has 1 fully saturated rings. The molecule has 0 unspecified atom stereocenters. The van der Waals surface area contributed by atoms with Gasteiger partial charge in [-0.3, -0.25) is 14.5 Å². The average molecular weight is 404 g/mol. The fraction of sp³-hybridized carbons (Fsp3) is 0.105. The van der Waals surface area contributed by atoms with Crippen LogP contribution >= 0.6 is 23.4 Å². The Bertz CT molecular complexity index is 926. The molecule has 2 amide bonds. The predicted molar refractivity (Wildman–Crippen MR) is 103 cm³/mol. The van der Waals surface area contributed by atoms with Crippen molar-refractivity contribution in [1.82, 2.24) is 4.90 Å². The summed E-state index contributed by atoms with van der Waals surface area (Å²) in [5.74, 6) is -0.948. The topological polar surface area (TPSA) is 83.9 Å². The summed E-state index contributed by atoms with van der Waals surface area (Å²) in [6.45, 7) is 0.230. The van der Waals surface area contributed by atoms with Gasteiger partial charge < -0.3 is 9.84 Å². The number of thioether (sulfide) groups is 1. The highest BCUT2D eigenvalue weighted by Crippen LogP contribution is 2.32. The number of ether oxygens (including phenoxy) is 1. The minimum atomic E-state index is -1.03. The summed E-state index contributed by atoms with van der Waals surface area (Å²) in [4.78, 5) is 36.8. The predicted octanol–water partition coefficient (Wildman–Crippen LogP) is 4.15. The Hall–Kier alpha value is -2.77. The molecule has 2 aromatic rings. The first-order valence-corrected chi connectivity index (χ1v) is 9.11. The van der Waals surface area contributed by atoms with Crippen molar-refractivity contribution in [3.05, 3.63) is 69.6 Å². The van der Waals surface area contributed by atoms with E-state index in [2.05, 4.69) is 0 Å². The molecule has 0 radical (unpaired) electrons. The quantitative estimate of drug-likeness (QED) is 0.729. The van der Waals surface area contributed by atoms with Gasteiger partial charge >= 0.3 is 5.97 Å². The minimum absolute atomic E-state index is 0.102. The maximum absolute atomic E-state index is 12.4. The number of amides is 2. The fourth-order valence-electron chi connectivity index (χ4n) is 2.37. The molecule has 0 aliphatic carbocycles. The number of imide groups is 1. The molecule has 1 aliphatic heterocycles. The van der Waals surface area contributed by atoms with Crippen molar-refractivity contribution in [2.45, 2.75) is 0 Å². The SMILES string of the molecule is O=C(O)c1ccc(/C=C2\SC(=O)N(CCOc3ccccc3Cl)C2=O)cc1. The van der Waals surface area contributed by atoms with Crippen LogP contribution in [0.1, 0.15) is 15.9 Å². The van der Waals surface area contributed by atoms with Gasteiger partial charge in [0, 0.05) is 0 Å². The van der Waals surface area contributed by atoms with E-state index < -0.39 is 11.9 Å². The van der Waals surface area contributed by atoms with E-state index in [1.54, 1.807) is 42.5 Å². The van der Waals surface area contributed by atoms with Crippen molar-refractivity contribution < 1.29 is 24.2 Å². The molecule has 1 aliphatic rings. The molecule has 3 rings (SSSR count). The van der Waals surface area contributed by atoms with E-state index in [-0.39, 0.29) is 28.9 Å². The van der Waals surface area contributed by atoms with Crippen LogP contribution < -0.4 is 4.74 Å². The van der Waals surface area contributed by atoms with Crippen LogP contribution in [0.4, 0.5) is 4.79 Å². The summed E-state index contributed by atoms with van der Waals surface area (Å²) in [6.07, 6.45) is 1.56. The fourth-order valence-corrected chi connectivity index (χ4v) is 3.43. The summed E-state index contributed by atoms with van der Waals surface area (Å²) in [7, 11) is 0. The maximum atomic E-state index is 12.4. The number of benzene rings is 2. The minimum Gasteiger partial charge on any atom is -0.490 e. The number of carbonyl (C=O) groups is 3. The smallest absolute Gasteiger partial charge is 0.335 e. The first-order valence-electron chi connectivity index (χ1n) is 7.92. The van der Waals surface area contributed by atoms with Gasteiger partial charge in [0.15, 0.2) is 0 Å². The molecule has 0 bridgehead atoms.